The maximum Gasteiger partial charge on any atom is 0.417 e. The van der Waals surface area contributed by atoms with E-state index in [0.29, 0.717) is 75.4 Å². The number of nitrogens with zero attached hydrogens (tertiary/aromatic N) is 2. The van der Waals surface area contributed by atoms with Crippen LogP contribution in [0.1, 0.15) is 130 Å². The number of hydrogen-bond donors (Lipinski definition) is 2. The number of hydrogen-bond acceptors (Lipinski definition) is 6. The molecule has 0 radical (unpaired) electrons. The third-order valence-corrected chi connectivity index (χ3v) is 8.87. The summed E-state index contributed by atoms with van der Waals surface area (Å²) in [5.74, 6) is 0.856. The first kappa shape index (κ1) is 34.1. The summed E-state index contributed by atoms with van der Waals surface area (Å²) in [4.78, 5) is 5.11. The molecule has 2 N–H and O–H groups in total. The molecule has 6 nitrogen and oxygen atoms in total. The predicted octanol–water partition coefficient (Wildman–Crippen LogP) is 7.81. The number of nitriles is 1. The van der Waals surface area contributed by atoms with Gasteiger partial charge in [-0.05, 0) is 72.3 Å². The summed E-state index contributed by atoms with van der Waals surface area (Å²) in [5, 5.41) is 32.8. The topological polar surface area (TPSA) is 95.6 Å². The highest BCUT2D eigenvalue weighted by Gasteiger charge is 2.40. The van der Waals surface area contributed by atoms with Gasteiger partial charge in [0.2, 0.25) is 0 Å². The van der Waals surface area contributed by atoms with Crippen molar-refractivity contribution < 1.29 is 32.9 Å². The standard InChI is InChI=1S/C30H33F3N2O4.C5H12/c1-29(2)14-22-25(23(36)15-29)24(17-5-9-38-10-6-17)26(27(35-22)18-7-11-39-12-8-18)28(37)19-3-4-21(30(31,32)33)20(13-19)16-34;1-4-5(2)3/h3-5,13,18,23,28,36-37H,6-12,14-15H2,1-2H3;5H,4H2,1-3H3/t23?,28-;/m0./s1. The van der Waals surface area contributed by atoms with Crippen molar-refractivity contribution in [3.63, 3.8) is 0 Å². The minimum absolute atomic E-state index is 0.0278. The summed E-state index contributed by atoms with van der Waals surface area (Å²) in [6.07, 6.45) is -0.484. The highest BCUT2D eigenvalue weighted by Crippen LogP contribution is 2.49. The fraction of sp³-hybridized carbons (Fsp3) is 0.600. The molecule has 1 unspecified atom stereocenters. The van der Waals surface area contributed by atoms with Gasteiger partial charge >= 0.3 is 6.18 Å². The number of rotatable bonds is 5. The molecule has 3 heterocycles. The number of aliphatic hydroxyl groups excluding tert-OH is 2. The van der Waals surface area contributed by atoms with E-state index in [4.69, 9.17) is 14.5 Å². The molecule has 0 saturated carbocycles. The number of ether oxygens (including phenoxy) is 2. The van der Waals surface area contributed by atoms with E-state index in [1.165, 1.54) is 12.5 Å². The summed E-state index contributed by atoms with van der Waals surface area (Å²) in [6, 6.07) is 4.83. The van der Waals surface area contributed by atoms with Gasteiger partial charge in [-0.25, -0.2) is 0 Å². The first-order chi connectivity index (χ1) is 20.8. The smallest absolute Gasteiger partial charge is 0.388 e. The molecule has 44 heavy (non-hydrogen) atoms. The van der Waals surface area contributed by atoms with Crippen LogP contribution in [-0.2, 0) is 22.1 Å². The molecule has 1 saturated heterocycles. The monoisotopic (exact) mass is 614 g/mol. The van der Waals surface area contributed by atoms with Gasteiger partial charge in [0, 0.05) is 36.0 Å². The van der Waals surface area contributed by atoms with Gasteiger partial charge in [0.25, 0.3) is 0 Å². The minimum Gasteiger partial charge on any atom is -0.388 e. The molecule has 2 aliphatic heterocycles. The van der Waals surface area contributed by atoms with Crippen LogP contribution in [0.5, 0.6) is 0 Å². The number of aromatic nitrogens is 1. The highest BCUT2D eigenvalue weighted by atomic mass is 19.4. The van der Waals surface area contributed by atoms with E-state index in [-0.39, 0.29) is 16.9 Å². The van der Waals surface area contributed by atoms with E-state index in [0.717, 1.165) is 34.9 Å². The number of fused-ring (bicyclic) bond motifs is 1. The van der Waals surface area contributed by atoms with Gasteiger partial charge in [-0.15, -0.1) is 0 Å². The van der Waals surface area contributed by atoms with Crippen LogP contribution in [0.15, 0.2) is 24.3 Å². The Morgan fingerprint density at radius 1 is 1.14 bits per heavy atom. The van der Waals surface area contributed by atoms with Crippen molar-refractivity contribution in [2.45, 2.75) is 97.4 Å². The van der Waals surface area contributed by atoms with Gasteiger partial charge in [0.1, 0.15) is 6.10 Å². The Morgan fingerprint density at radius 3 is 2.39 bits per heavy atom. The van der Waals surface area contributed by atoms with Crippen LogP contribution in [0.25, 0.3) is 5.57 Å². The zero-order valence-electron chi connectivity index (χ0n) is 26.4. The molecule has 0 bridgehead atoms. The first-order valence-electron chi connectivity index (χ1n) is 15.7. The molecular weight excluding hydrogens is 569 g/mol. The molecule has 1 fully saturated rings. The summed E-state index contributed by atoms with van der Waals surface area (Å²) < 4.78 is 51.7. The van der Waals surface area contributed by atoms with E-state index in [1.807, 2.05) is 6.08 Å². The van der Waals surface area contributed by atoms with Crippen molar-refractivity contribution in [2.24, 2.45) is 11.3 Å². The van der Waals surface area contributed by atoms with Crippen molar-refractivity contribution in [3.8, 4) is 6.07 Å². The molecule has 2 aromatic rings. The zero-order valence-corrected chi connectivity index (χ0v) is 26.4. The van der Waals surface area contributed by atoms with E-state index in [2.05, 4.69) is 34.6 Å². The Balaban J connectivity index is 0.000000818. The Bertz CT molecular complexity index is 1390. The molecule has 1 aliphatic carbocycles. The Morgan fingerprint density at radius 2 is 1.82 bits per heavy atom. The Labute approximate surface area is 258 Å². The average Bonchev–Trinajstić information content (AvgIpc) is 2.99. The van der Waals surface area contributed by atoms with Crippen LogP contribution in [-0.4, -0.2) is 41.6 Å². The molecule has 1 aromatic carbocycles. The fourth-order valence-corrected chi connectivity index (χ4v) is 6.23. The van der Waals surface area contributed by atoms with E-state index < -0.39 is 29.5 Å². The van der Waals surface area contributed by atoms with Gasteiger partial charge in [-0.1, -0.05) is 53.2 Å². The molecule has 0 amide bonds. The Kier molecular flexibility index (Phi) is 10.9. The number of alkyl halides is 3. The second-order valence-electron chi connectivity index (χ2n) is 13.3. The lowest BCUT2D eigenvalue weighted by Gasteiger charge is -2.39. The van der Waals surface area contributed by atoms with Crippen LogP contribution in [0.2, 0.25) is 0 Å². The molecule has 3 aliphatic rings. The molecule has 1 aromatic heterocycles. The third kappa shape index (κ3) is 7.71. The van der Waals surface area contributed by atoms with Crippen molar-refractivity contribution in [2.75, 3.05) is 26.4 Å². The third-order valence-electron chi connectivity index (χ3n) is 8.87. The van der Waals surface area contributed by atoms with Crippen LogP contribution in [0.4, 0.5) is 13.2 Å². The lowest BCUT2D eigenvalue weighted by molar-refractivity contribution is -0.137. The molecule has 240 valence electrons. The first-order valence-corrected chi connectivity index (χ1v) is 15.7. The number of halogens is 3. The lowest BCUT2D eigenvalue weighted by Crippen LogP contribution is -2.30. The van der Waals surface area contributed by atoms with Gasteiger partial charge in [0.05, 0.1) is 42.2 Å². The maximum absolute atomic E-state index is 13.5. The fourth-order valence-electron chi connectivity index (χ4n) is 6.23. The second kappa shape index (κ2) is 14.1. The van der Waals surface area contributed by atoms with Crippen LogP contribution in [0.3, 0.4) is 0 Å². The summed E-state index contributed by atoms with van der Waals surface area (Å²) in [5.41, 5.74) is 2.71. The molecule has 9 heteroatoms. The van der Waals surface area contributed by atoms with Crippen LogP contribution in [0, 0.1) is 22.7 Å². The van der Waals surface area contributed by atoms with Crippen molar-refractivity contribution in [1.29, 1.82) is 5.26 Å². The normalized spacial score (nSPS) is 21.0. The van der Waals surface area contributed by atoms with Gasteiger partial charge in [-0.3, -0.25) is 4.98 Å². The van der Waals surface area contributed by atoms with Gasteiger partial charge in [0.15, 0.2) is 0 Å². The number of benzene rings is 1. The van der Waals surface area contributed by atoms with Crippen molar-refractivity contribution in [1.82, 2.24) is 4.98 Å². The summed E-state index contributed by atoms with van der Waals surface area (Å²) in [6.45, 7) is 12.8. The van der Waals surface area contributed by atoms with E-state index in [9.17, 15) is 28.6 Å². The van der Waals surface area contributed by atoms with Crippen molar-refractivity contribution in [3.05, 3.63) is 69.0 Å². The van der Waals surface area contributed by atoms with Gasteiger partial charge < -0.3 is 19.7 Å². The number of pyridine rings is 1. The molecule has 2 atom stereocenters. The lowest BCUT2D eigenvalue weighted by atomic mass is 9.70. The van der Waals surface area contributed by atoms with Gasteiger partial charge in [-0.2, -0.15) is 18.4 Å². The quantitative estimate of drug-likeness (QED) is 0.357. The van der Waals surface area contributed by atoms with E-state index >= 15 is 0 Å². The predicted molar refractivity (Wildman–Crippen MR) is 163 cm³/mol. The minimum atomic E-state index is -4.69. The molecular formula is C35H45F3N2O4. The molecule has 5 rings (SSSR count). The Hall–Kier alpha value is -2.77. The van der Waals surface area contributed by atoms with Crippen LogP contribution >= 0.6 is 0 Å². The second-order valence-corrected chi connectivity index (χ2v) is 13.3. The summed E-state index contributed by atoms with van der Waals surface area (Å²) >= 11 is 0. The SMILES string of the molecule is CC1(C)Cc2nc(C3CCOCC3)c([C@@H](O)c3ccc(C(F)(F)F)c(C#N)c3)c(C3=CCOCC3)c2C(O)C1.CCC(C)C. The zero-order chi connectivity index (χ0) is 32.2. The van der Waals surface area contributed by atoms with Crippen LogP contribution < -0.4 is 0 Å². The number of aliphatic hydroxyl groups is 2. The molecule has 0 spiro atoms. The highest BCUT2D eigenvalue weighted by molar-refractivity contribution is 5.75. The average molecular weight is 615 g/mol. The largest absolute Gasteiger partial charge is 0.417 e. The van der Waals surface area contributed by atoms with Crippen molar-refractivity contribution >= 4 is 5.57 Å². The van der Waals surface area contributed by atoms with E-state index in [1.54, 1.807) is 6.07 Å². The maximum atomic E-state index is 13.5. The summed E-state index contributed by atoms with van der Waals surface area (Å²) in [7, 11) is 0.